The number of rotatable bonds is 8. The number of imidazole rings is 1. The van der Waals surface area contributed by atoms with Crippen LogP contribution in [0.25, 0.3) is 21.8 Å². The first-order valence-corrected chi connectivity index (χ1v) is 9.23. The predicted octanol–water partition coefficient (Wildman–Crippen LogP) is 6.66. The summed E-state index contributed by atoms with van der Waals surface area (Å²) in [6, 6.07) is 10.2. The smallest absolute Gasteiger partial charge is 0.107 e. The molecule has 0 aliphatic heterocycles. The van der Waals surface area contributed by atoms with Crippen molar-refractivity contribution in [2.75, 3.05) is 0 Å². The van der Waals surface area contributed by atoms with Crippen LogP contribution in [0.15, 0.2) is 30.3 Å². The number of aromatic amines is 1. The third kappa shape index (κ3) is 3.87. The highest BCUT2D eigenvalue weighted by molar-refractivity contribution is 6.37. The Hall–Kier alpha value is -1.54. The van der Waals surface area contributed by atoms with Gasteiger partial charge in [-0.3, -0.25) is 0 Å². The van der Waals surface area contributed by atoms with Crippen molar-refractivity contribution in [3.8, 4) is 0 Å². The minimum absolute atomic E-state index is 0.791. The van der Waals surface area contributed by atoms with E-state index in [1.165, 1.54) is 44.9 Å². The van der Waals surface area contributed by atoms with Crippen molar-refractivity contribution in [2.24, 2.45) is 0 Å². The summed E-state index contributed by atoms with van der Waals surface area (Å²) in [5.41, 5.74) is 2.09. The molecule has 1 heterocycles. The van der Waals surface area contributed by atoms with Gasteiger partial charge in [-0.05, 0) is 12.5 Å². The molecule has 2 aromatic carbocycles. The lowest BCUT2D eigenvalue weighted by atomic mass is 10.1. The third-order valence-electron chi connectivity index (χ3n) is 4.51. The maximum Gasteiger partial charge on any atom is 0.107 e. The van der Waals surface area contributed by atoms with Crippen LogP contribution in [0.4, 0.5) is 0 Å². The number of aryl methyl sites for hydroxylation is 1. The van der Waals surface area contributed by atoms with Crippen molar-refractivity contribution < 1.29 is 0 Å². The van der Waals surface area contributed by atoms with Crippen LogP contribution >= 0.6 is 11.6 Å². The van der Waals surface area contributed by atoms with Crippen molar-refractivity contribution in [1.82, 2.24) is 9.97 Å². The van der Waals surface area contributed by atoms with Gasteiger partial charge in [-0.2, -0.15) is 0 Å². The van der Waals surface area contributed by atoms with Gasteiger partial charge in [0.1, 0.15) is 5.82 Å². The molecule has 3 rings (SSSR count). The molecule has 3 aromatic rings. The van der Waals surface area contributed by atoms with E-state index in [0.29, 0.717) is 0 Å². The Labute approximate surface area is 143 Å². The highest BCUT2D eigenvalue weighted by atomic mass is 35.5. The minimum Gasteiger partial charge on any atom is -0.342 e. The van der Waals surface area contributed by atoms with Crippen LogP contribution in [0, 0.1) is 0 Å². The van der Waals surface area contributed by atoms with E-state index in [1.807, 2.05) is 18.2 Å². The van der Waals surface area contributed by atoms with Crippen molar-refractivity contribution >= 4 is 33.4 Å². The van der Waals surface area contributed by atoms with Crippen LogP contribution in [0.1, 0.15) is 57.7 Å². The summed E-state index contributed by atoms with van der Waals surface area (Å²) in [6.45, 7) is 2.26. The number of fused-ring (bicyclic) bond motifs is 3. The summed E-state index contributed by atoms with van der Waals surface area (Å²) in [7, 11) is 0. The Bertz CT molecular complexity index is 776. The second-order valence-corrected chi connectivity index (χ2v) is 6.76. The molecule has 0 spiro atoms. The van der Waals surface area contributed by atoms with Crippen LogP contribution < -0.4 is 0 Å². The Balaban J connectivity index is 1.65. The summed E-state index contributed by atoms with van der Waals surface area (Å²) in [4.78, 5) is 8.26. The van der Waals surface area contributed by atoms with E-state index in [1.54, 1.807) is 0 Å². The molecular formula is C20H25ClN2. The van der Waals surface area contributed by atoms with Crippen LogP contribution in [-0.4, -0.2) is 9.97 Å². The Morgan fingerprint density at radius 2 is 1.65 bits per heavy atom. The van der Waals surface area contributed by atoms with Gasteiger partial charge in [-0.25, -0.2) is 4.98 Å². The van der Waals surface area contributed by atoms with Crippen molar-refractivity contribution in [3.05, 3.63) is 41.2 Å². The minimum atomic E-state index is 0.791. The molecule has 1 aromatic heterocycles. The number of hydrogen-bond donors (Lipinski definition) is 1. The molecule has 0 amide bonds. The fraction of sp³-hybridized carbons (Fsp3) is 0.450. The molecule has 0 unspecified atom stereocenters. The van der Waals surface area contributed by atoms with E-state index in [-0.39, 0.29) is 0 Å². The van der Waals surface area contributed by atoms with Crippen molar-refractivity contribution in [1.29, 1.82) is 0 Å². The lowest BCUT2D eigenvalue weighted by Gasteiger charge is -2.00. The van der Waals surface area contributed by atoms with Gasteiger partial charge in [-0.15, -0.1) is 0 Å². The zero-order chi connectivity index (χ0) is 16.1. The van der Waals surface area contributed by atoms with Gasteiger partial charge in [0.15, 0.2) is 0 Å². The molecule has 0 atom stereocenters. The number of H-pyrrole nitrogens is 1. The molecule has 0 bridgehead atoms. The summed E-state index contributed by atoms with van der Waals surface area (Å²) in [6.07, 6.45) is 10.3. The first kappa shape index (κ1) is 16.3. The first-order valence-electron chi connectivity index (χ1n) is 8.85. The normalized spacial score (nSPS) is 11.6. The van der Waals surface area contributed by atoms with E-state index in [4.69, 9.17) is 16.6 Å². The summed E-state index contributed by atoms with van der Waals surface area (Å²) >= 11 is 6.38. The van der Waals surface area contributed by atoms with Crippen LogP contribution in [-0.2, 0) is 6.42 Å². The third-order valence-corrected chi connectivity index (χ3v) is 4.82. The standard InChI is InChI=1S/C20H25ClN2/c1-2-3-4-5-6-7-8-13-19-22-18-14-17(21)15-11-9-10-12-16(15)20(18)23-19/h9-12,14H,2-8,13H2,1H3,(H,22,23). The predicted molar refractivity (Wildman–Crippen MR) is 100 cm³/mol. The van der Waals surface area contributed by atoms with E-state index >= 15 is 0 Å². The second kappa shape index (κ2) is 7.83. The lowest BCUT2D eigenvalue weighted by molar-refractivity contribution is 0.585. The van der Waals surface area contributed by atoms with Crippen LogP contribution in [0.3, 0.4) is 0 Å². The Kier molecular flexibility index (Phi) is 5.56. The maximum atomic E-state index is 6.38. The van der Waals surface area contributed by atoms with Gasteiger partial charge < -0.3 is 4.98 Å². The highest BCUT2D eigenvalue weighted by Crippen LogP contribution is 2.30. The second-order valence-electron chi connectivity index (χ2n) is 6.35. The van der Waals surface area contributed by atoms with Gasteiger partial charge >= 0.3 is 0 Å². The van der Waals surface area contributed by atoms with E-state index in [2.05, 4.69) is 24.0 Å². The van der Waals surface area contributed by atoms with E-state index < -0.39 is 0 Å². The monoisotopic (exact) mass is 328 g/mol. The molecule has 3 heteroatoms. The topological polar surface area (TPSA) is 28.7 Å². The Morgan fingerprint density at radius 3 is 2.43 bits per heavy atom. The summed E-state index contributed by atoms with van der Waals surface area (Å²) in [5, 5.41) is 3.01. The molecule has 0 fully saturated rings. The fourth-order valence-corrected chi connectivity index (χ4v) is 3.49. The number of nitrogens with one attached hydrogen (secondary N) is 1. The molecule has 23 heavy (non-hydrogen) atoms. The van der Waals surface area contributed by atoms with Gasteiger partial charge in [0.2, 0.25) is 0 Å². The van der Waals surface area contributed by atoms with Crippen LogP contribution in [0.5, 0.6) is 0 Å². The van der Waals surface area contributed by atoms with Gasteiger partial charge in [0, 0.05) is 17.2 Å². The molecule has 0 saturated carbocycles. The zero-order valence-corrected chi connectivity index (χ0v) is 14.6. The highest BCUT2D eigenvalue weighted by Gasteiger charge is 2.09. The maximum absolute atomic E-state index is 6.38. The zero-order valence-electron chi connectivity index (χ0n) is 13.9. The molecule has 2 nitrogen and oxygen atoms in total. The lowest BCUT2D eigenvalue weighted by Crippen LogP contribution is -1.88. The molecule has 0 radical (unpaired) electrons. The van der Waals surface area contributed by atoms with Gasteiger partial charge in [0.25, 0.3) is 0 Å². The number of unbranched alkanes of at least 4 members (excludes halogenated alkanes) is 6. The number of halogens is 1. The number of nitrogens with zero attached hydrogens (tertiary/aromatic N) is 1. The van der Waals surface area contributed by atoms with E-state index in [0.717, 1.165) is 39.1 Å². The summed E-state index contributed by atoms with van der Waals surface area (Å²) < 4.78 is 0. The van der Waals surface area contributed by atoms with Crippen molar-refractivity contribution in [2.45, 2.75) is 58.3 Å². The average molecular weight is 329 g/mol. The summed E-state index contributed by atoms with van der Waals surface area (Å²) in [5.74, 6) is 1.08. The fourth-order valence-electron chi connectivity index (χ4n) is 3.22. The largest absolute Gasteiger partial charge is 0.342 e. The van der Waals surface area contributed by atoms with Gasteiger partial charge in [0.05, 0.1) is 16.1 Å². The Morgan fingerprint density at radius 1 is 0.957 bits per heavy atom. The molecule has 0 aliphatic rings. The first-order chi connectivity index (χ1) is 11.3. The van der Waals surface area contributed by atoms with Crippen molar-refractivity contribution in [3.63, 3.8) is 0 Å². The molecular weight excluding hydrogens is 304 g/mol. The number of benzene rings is 2. The number of hydrogen-bond acceptors (Lipinski definition) is 1. The molecule has 122 valence electrons. The molecule has 0 saturated heterocycles. The molecule has 1 N–H and O–H groups in total. The SMILES string of the molecule is CCCCCCCCCc1nc2c(cc(Cl)c3ccccc32)[nH]1. The quantitative estimate of drug-likeness (QED) is 0.460. The van der Waals surface area contributed by atoms with Crippen LogP contribution in [0.2, 0.25) is 5.02 Å². The van der Waals surface area contributed by atoms with Gasteiger partial charge in [-0.1, -0.05) is 81.3 Å². The van der Waals surface area contributed by atoms with E-state index in [9.17, 15) is 0 Å². The number of aromatic nitrogens is 2. The molecule has 0 aliphatic carbocycles. The average Bonchev–Trinajstić information content (AvgIpc) is 2.97.